The van der Waals surface area contributed by atoms with Crippen molar-refractivity contribution in [1.29, 1.82) is 0 Å². The average Bonchev–Trinajstić information content (AvgIpc) is 2.23. The van der Waals surface area contributed by atoms with Gasteiger partial charge in [0.1, 0.15) is 0 Å². The Hall–Kier alpha value is -1.26. The van der Waals surface area contributed by atoms with E-state index in [-0.39, 0.29) is 17.6 Å². The van der Waals surface area contributed by atoms with Crippen LogP contribution in [0.5, 0.6) is 11.5 Å². The Morgan fingerprint density at radius 2 is 2.07 bits per heavy atom. The van der Waals surface area contributed by atoms with E-state index in [1.165, 1.54) is 6.07 Å². The summed E-state index contributed by atoms with van der Waals surface area (Å²) in [6, 6.07) is 4.78. The molecule has 0 radical (unpaired) electrons. The fraction of sp³-hybridized carbons (Fsp3) is 0.455. The summed E-state index contributed by atoms with van der Waals surface area (Å²) in [5.41, 5.74) is 0.925. The standard InChI is InChI=1S/C11H17NO3/c1-8(15-2)6-12-7-9-3-4-10(13)11(14)5-9/h3-5,8,12-14H,6-7H2,1-2H3. The van der Waals surface area contributed by atoms with E-state index in [1.54, 1.807) is 19.2 Å². The van der Waals surface area contributed by atoms with Gasteiger partial charge in [-0.1, -0.05) is 6.07 Å². The van der Waals surface area contributed by atoms with Crippen LogP contribution in [0.4, 0.5) is 0 Å². The molecule has 0 saturated heterocycles. The summed E-state index contributed by atoms with van der Waals surface area (Å²) in [6.07, 6.45) is 0.163. The first-order valence-electron chi connectivity index (χ1n) is 4.88. The lowest BCUT2D eigenvalue weighted by Crippen LogP contribution is -2.25. The van der Waals surface area contributed by atoms with Gasteiger partial charge in [0.05, 0.1) is 6.10 Å². The maximum absolute atomic E-state index is 9.25. The fourth-order valence-electron chi connectivity index (χ4n) is 1.18. The second kappa shape index (κ2) is 5.58. The van der Waals surface area contributed by atoms with Crippen molar-refractivity contribution in [1.82, 2.24) is 5.32 Å². The van der Waals surface area contributed by atoms with Crippen LogP contribution in [0.2, 0.25) is 0 Å². The number of nitrogens with one attached hydrogen (secondary N) is 1. The number of hydrogen-bond acceptors (Lipinski definition) is 4. The number of aromatic hydroxyl groups is 2. The van der Waals surface area contributed by atoms with Crippen LogP contribution >= 0.6 is 0 Å². The molecule has 0 heterocycles. The normalized spacial score (nSPS) is 12.7. The zero-order valence-electron chi connectivity index (χ0n) is 9.03. The van der Waals surface area contributed by atoms with Crippen molar-refractivity contribution in [2.75, 3.05) is 13.7 Å². The second-order valence-corrected chi connectivity index (χ2v) is 3.50. The molecule has 0 amide bonds. The minimum Gasteiger partial charge on any atom is -0.504 e. The predicted octanol–water partition coefficient (Wildman–Crippen LogP) is 1.22. The van der Waals surface area contributed by atoms with Gasteiger partial charge in [-0.15, -0.1) is 0 Å². The van der Waals surface area contributed by atoms with E-state index in [9.17, 15) is 5.11 Å². The van der Waals surface area contributed by atoms with Crippen LogP contribution in [-0.4, -0.2) is 30.0 Å². The van der Waals surface area contributed by atoms with Crippen molar-refractivity contribution in [3.63, 3.8) is 0 Å². The summed E-state index contributed by atoms with van der Waals surface area (Å²) in [4.78, 5) is 0. The Balaban J connectivity index is 2.41. The van der Waals surface area contributed by atoms with Crippen molar-refractivity contribution in [2.45, 2.75) is 19.6 Å². The molecule has 0 bridgehead atoms. The van der Waals surface area contributed by atoms with E-state index in [1.807, 2.05) is 6.92 Å². The molecule has 84 valence electrons. The molecular formula is C11H17NO3. The van der Waals surface area contributed by atoms with Crippen molar-refractivity contribution in [3.8, 4) is 11.5 Å². The smallest absolute Gasteiger partial charge is 0.157 e. The van der Waals surface area contributed by atoms with Gasteiger partial charge in [0.15, 0.2) is 11.5 Å². The molecule has 1 aromatic carbocycles. The highest BCUT2D eigenvalue weighted by atomic mass is 16.5. The maximum atomic E-state index is 9.25. The molecule has 1 atom stereocenters. The van der Waals surface area contributed by atoms with Gasteiger partial charge in [-0.3, -0.25) is 0 Å². The summed E-state index contributed by atoms with van der Waals surface area (Å²) in [5, 5.41) is 21.5. The van der Waals surface area contributed by atoms with Crippen LogP contribution in [-0.2, 0) is 11.3 Å². The first kappa shape index (κ1) is 11.8. The molecule has 0 aromatic heterocycles. The van der Waals surface area contributed by atoms with Crippen LogP contribution in [0.25, 0.3) is 0 Å². The van der Waals surface area contributed by atoms with Gasteiger partial charge >= 0.3 is 0 Å². The van der Waals surface area contributed by atoms with Gasteiger partial charge in [0.2, 0.25) is 0 Å². The zero-order chi connectivity index (χ0) is 11.3. The van der Waals surface area contributed by atoms with Crippen LogP contribution in [0.3, 0.4) is 0 Å². The quantitative estimate of drug-likeness (QED) is 0.641. The maximum Gasteiger partial charge on any atom is 0.157 e. The molecule has 1 rings (SSSR count). The van der Waals surface area contributed by atoms with Crippen molar-refractivity contribution in [2.24, 2.45) is 0 Å². The van der Waals surface area contributed by atoms with Crippen molar-refractivity contribution in [3.05, 3.63) is 23.8 Å². The Kier molecular flexibility index (Phi) is 4.39. The SMILES string of the molecule is COC(C)CNCc1ccc(O)c(O)c1. The number of phenolic OH excluding ortho intramolecular Hbond substituents is 2. The summed E-state index contributed by atoms with van der Waals surface area (Å²) in [7, 11) is 1.67. The molecule has 0 fully saturated rings. The highest BCUT2D eigenvalue weighted by Gasteiger charge is 2.01. The summed E-state index contributed by atoms with van der Waals surface area (Å²) in [5.74, 6) is -0.182. The van der Waals surface area contributed by atoms with E-state index in [4.69, 9.17) is 9.84 Å². The molecule has 0 aliphatic heterocycles. The highest BCUT2D eigenvalue weighted by Crippen LogP contribution is 2.24. The Labute approximate surface area is 89.5 Å². The summed E-state index contributed by atoms with van der Waals surface area (Å²) in [6.45, 7) is 3.36. The molecule has 1 aromatic rings. The topological polar surface area (TPSA) is 61.7 Å². The molecular weight excluding hydrogens is 194 g/mol. The largest absolute Gasteiger partial charge is 0.504 e. The van der Waals surface area contributed by atoms with Gasteiger partial charge in [-0.2, -0.15) is 0 Å². The number of phenols is 2. The van der Waals surface area contributed by atoms with Crippen LogP contribution in [0, 0.1) is 0 Å². The van der Waals surface area contributed by atoms with Crippen LogP contribution < -0.4 is 5.32 Å². The van der Waals surface area contributed by atoms with Gasteiger partial charge in [0, 0.05) is 20.2 Å². The molecule has 4 nitrogen and oxygen atoms in total. The lowest BCUT2D eigenvalue weighted by Gasteiger charge is -2.10. The Bertz CT molecular complexity index is 315. The average molecular weight is 211 g/mol. The number of hydrogen-bond donors (Lipinski definition) is 3. The lowest BCUT2D eigenvalue weighted by molar-refractivity contribution is 0.117. The molecule has 0 saturated carbocycles. The first-order valence-corrected chi connectivity index (χ1v) is 4.88. The molecule has 1 unspecified atom stereocenters. The van der Waals surface area contributed by atoms with Gasteiger partial charge in [-0.25, -0.2) is 0 Å². The van der Waals surface area contributed by atoms with E-state index in [0.717, 1.165) is 12.1 Å². The number of ether oxygens (including phenoxy) is 1. The third-order valence-electron chi connectivity index (χ3n) is 2.20. The zero-order valence-corrected chi connectivity index (χ0v) is 9.03. The van der Waals surface area contributed by atoms with E-state index in [2.05, 4.69) is 5.32 Å². The second-order valence-electron chi connectivity index (χ2n) is 3.50. The number of benzene rings is 1. The van der Waals surface area contributed by atoms with Crippen LogP contribution in [0.15, 0.2) is 18.2 Å². The molecule has 0 aliphatic carbocycles. The lowest BCUT2D eigenvalue weighted by atomic mass is 10.2. The monoisotopic (exact) mass is 211 g/mol. The number of rotatable bonds is 5. The molecule has 0 spiro atoms. The Morgan fingerprint density at radius 1 is 1.33 bits per heavy atom. The third-order valence-corrected chi connectivity index (χ3v) is 2.20. The molecule has 0 aliphatic rings. The van der Waals surface area contributed by atoms with E-state index in [0.29, 0.717) is 6.54 Å². The first-order chi connectivity index (χ1) is 7.13. The van der Waals surface area contributed by atoms with Gasteiger partial charge in [0.25, 0.3) is 0 Å². The minimum absolute atomic E-state index is 0.0888. The minimum atomic E-state index is -0.0935. The predicted molar refractivity (Wildman–Crippen MR) is 57.9 cm³/mol. The highest BCUT2D eigenvalue weighted by molar-refractivity contribution is 5.40. The summed E-state index contributed by atoms with van der Waals surface area (Å²) < 4.78 is 5.08. The van der Waals surface area contributed by atoms with E-state index >= 15 is 0 Å². The molecule has 3 N–H and O–H groups in total. The van der Waals surface area contributed by atoms with Gasteiger partial charge < -0.3 is 20.3 Å². The van der Waals surface area contributed by atoms with Crippen molar-refractivity contribution < 1.29 is 14.9 Å². The fourth-order valence-corrected chi connectivity index (χ4v) is 1.18. The Morgan fingerprint density at radius 3 is 2.67 bits per heavy atom. The van der Waals surface area contributed by atoms with Crippen LogP contribution in [0.1, 0.15) is 12.5 Å². The summed E-state index contributed by atoms with van der Waals surface area (Å²) >= 11 is 0. The molecule has 15 heavy (non-hydrogen) atoms. The number of methoxy groups -OCH3 is 1. The third kappa shape index (κ3) is 3.77. The molecule has 4 heteroatoms. The van der Waals surface area contributed by atoms with Crippen molar-refractivity contribution >= 4 is 0 Å². The van der Waals surface area contributed by atoms with E-state index < -0.39 is 0 Å². The van der Waals surface area contributed by atoms with Gasteiger partial charge in [-0.05, 0) is 24.6 Å².